The molecule has 1 fully saturated rings. The van der Waals surface area contributed by atoms with Crippen LogP contribution in [0, 0.1) is 0 Å². The van der Waals surface area contributed by atoms with Gasteiger partial charge in [0.05, 0.1) is 6.04 Å². The second-order valence-corrected chi connectivity index (χ2v) is 6.57. The third-order valence-corrected chi connectivity index (χ3v) is 4.90. The summed E-state index contributed by atoms with van der Waals surface area (Å²) >= 11 is 0. The van der Waals surface area contributed by atoms with Gasteiger partial charge < -0.3 is 14.6 Å². The molecule has 4 rings (SSSR count). The number of likely N-dealkylation sites (tertiary alicyclic amines) is 1. The van der Waals surface area contributed by atoms with Crippen molar-refractivity contribution in [3.63, 3.8) is 0 Å². The molecule has 1 amide bonds. The Morgan fingerprint density at radius 1 is 1.12 bits per heavy atom. The van der Waals surface area contributed by atoms with Crippen molar-refractivity contribution in [2.75, 3.05) is 6.54 Å². The lowest BCUT2D eigenvalue weighted by molar-refractivity contribution is 0.0679. The van der Waals surface area contributed by atoms with Gasteiger partial charge in [0.25, 0.3) is 0 Å². The fraction of sp³-hybridized carbons (Fsp3) is 0.286. The van der Waals surface area contributed by atoms with Crippen molar-refractivity contribution >= 4 is 17.0 Å². The number of carbonyl (C=O) groups is 1. The largest absolute Gasteiger partial charge is 0.445 e. The van der Waals surface area contributed by atoms with Crippen molar-refractivity contribution in [3.05, 3.63) is 71.9 Å². The predicted octanol–water partition coefficient (Wildman–Crippen LogP) is 5.03. The molecule has 0 unspecified atom stereocenters. The number of nitrogens with zero attached hydrogens (tertiary/aromatic N) is 1. The van der Waals surface area contributed by atoms with E-state index < -0.39 is 0 Å². The minimum absolute atomic E-state index is 0.0938. The Morgan fingerprint density at radius 2 is 2.00 bits per heavy atom. The van der Waals surface area contributed by atoms with Crippen LogP contribution in [0.3, 0.4) is 0 Å². The summed E-state index contributed by atoms with van der Waals surface area (Å²) in [6.07, 6.45) is 4.88. The van der Waals surface area contributed by atoms with Crippen molar-refractivity contribution in [1.29, 1.82) is 0 Å². The van der Waals surface area contributed by atoms with E-state index in [0.29, 0.717) is 6.61 Å². The van der Waals surface area contributed by atoms with Crippen LogP contribution < -0.4 is 0 Å². The van der Waals surface area contributed by atoms with E-state index in [-0.39, 0.29) is 12.1 Å². The Hall–Kier alpha value is -2.75. The number of carbonyl (C=O) groups excluding carboxylic acids is 1. The Bertz CT molecular complexity index is 856. The maximum Gasteiger partial charge on any atom is 0.410 e. The van der Waals surface area contributed by atoms with Crippen molar-refractivity contribution in [2.24, 2.45) is 0 Å². The summed E-state index contributed by atoms with van der Waals surface area (Å²) < 4.78 is 5.57. The van der Waals surface area contributed by atoms with Crippen LogP contribution in [-0.4, -0.2) is 22.5 Å². The van der Waals surface area contributed by atoms with E-state index in [1.807, 2.05) is 41.4 Å². The molecule has 4 heteroatoms. The average Bonchev–Trinajstić information content (AvgIpc) is 3.15. The maximum absolute atomic E-state index is 12.7. The highest BCUT2D eigenvalue weighted by molar-refractivity contribution is 5.80. The molecule has 0 radical (unpaired) electrons. The van der Waals surface area contributed by atoms with E-state index in [0.717, 1.165) is 36.9 Å². The van der Waals surface area contributed by atoms with E-state index in [1.54, 1.807) is 0 Å². The van der Waals surface area contributed by atoms with Crippen molar-refractivity contribution < 1.29 is 9.53 Å². The summed E-state index contributed by atoms with van der Waals surface area (Å²) in [7, 11) is 0. The molecule has 4 nitrogen and oxygen atoms in total. The van der Waals surface area contributed by atoms with Gasteiger partial charge in [0.2, 0.25) is 0 Å². The second kappa shape index (κ2) is 7.01. The van der Waals surface area contributed by atoms with Crippen LogP contribution in [0.4, 0.5) is 4.79 Å². The van der Waals surface area contributed by atoms with Crippen molar-refractivity contribution in [3.8, 4) is 0 Å². The number of aromatic nitrogens is 1. The number of ether oxygens (including phenoxy) is 1. The van der Waals surface area contributed by atoms with Crippen molar-refractivity contribution in [1.82, 2.24) is 9.88 Å². The Morgan fingerprint density at radius 3 is 2.88 bits per heavy atom. The minimum Gasteiger partial charge on any atom is -0.445 e. The number of aromatic amines is 1. The van der Waals surface area contributed by atoms with Crippen LogP contribution in [0.5, 0.6) is 0 Å². The molecular formula is C21H22N2O2. The zero-order valence-electron chi connectivity index (χ0n) is 14.2. The lowest BCUT2D eigenvalue weighted by atomic mass is 9.95. The number of rotatable bonds is 3. The van der Waals surface area contributed by atoms with Gasteiger partial charge in [-0.2, -0.15) is 0 Å². The van der Waals surface area contributed by atoms with E-state index in [4.69, 9.17) is 4.74 Å². The van der Waals surface area contributed by atoms with E-state index in [9.17, 15) is 4.79 Å². The molecule has 128 valence electrons. The Balaban J connectivity index is 1.50. The maximum atomic E-state index is 12.7. The number of piperidine rings is 1. The molecule has 0 spiro atoms. The highest BCUT2D eigenvalue weighted by Gasteiger charge is 2.29. The first kappa shape index (κ1) is 15.8. The molecule has 1 aliphatic heterocycles. The summed E-state index contributed by atoms with van der Waals surface area (Å²) in [4.78, 5) is 17.8. The number of amides is 1. The van der Waals surface area contributed by atoms with Gasteiger partial charge in [-0.3, -0.25) is 0 Å². The predicted molar refractivity (Wildman–Crippen MR) is 98.2 cm³/mol. The molecule has 1 aliphatic rings. The Labute approximate surface area is 147 Å². The van der Waals surface area contributed by atoms with Crippen LogP contribution in [-0.2, 0) is 11.3 Å². The van der Waals surface area contributed by atoms with Crippen molar-refractivity contribution in [2.45, 2.75) is 31.9 Å². The molecule has 1 N–H and O–H groups in total. The minimum atomic E-state index is -0.220. The third kappa shape index (κ3) is 3.38. The highest BCUT2D eigenvalue weighted by atomic mass is 16.6. The zero-order valence-corrected chi connectivity index (χ0v) is 14.2. The number of hydrogen-bond donors (Lipinski definition) is 1. The standard InChI is InChI=1S/C21H22N2O2/c24-21(25-15-16-6-2-1-3-7-16)23-13-5-4-8-20(23)18-9-10-19-17(14-18)11-12-22-19/h1-3,6-7,9-12,14,20,22H,4-5,8,13,15H2/t20-/m0/s1. The van der Waals surface area contributed by atoms with Gasteiger partial charge in [0.15, 0.2) is 0 Å². The van der Waals surface area contributed by atoms with Gasteiger partial charge in [-0.25, -0.2) is 4.79 Å². The van der Waals surface area contributed by atoms with E-state index >= 15 is 0 Å². The lowest BCUT2D eigenvalue weighted by Crippen LogP contribution is -2.38. The summed E-state index contributed by atoms with van der Waals surface area (Å²) in [6, 6.07) is 18.4. The number of benzene rings is 2. The first-order chi connectivity index (χ1) is 12.3. The van der Waals surface area contributed by atoms with Crippen LogP contribution in [0.15, 0.2) is 60.8 Å². The molecule has 25 heavy (non-hydrogen) atoms. The van der Waals surface area contributed by atoms with Gasteiger partial charge in [0, 0.05) is 18.3 Å². The number of nitrogens with one attached hydrogen (secondary N) is 1. The Kier molecular flexibility index (Phi) is 4.42. The topological polar surface area (TPSA) is 45.3 Å². The summed E-state index contributed by atoms with van der Waals surface area (Å²) in [5, 5.41) is 1.18. The van der Waals surface area contributed by atoms with E-state index in [2.05, 4.69) is 29.2 Å². The fourth-order valence-corrected chi connectivity index (χ4v) is 3.58. The van der Waals surface area contributed by atoms with E-state index in [1.165, 1.54) is 10.9 Å². The molecule has 0 aliphatic carbocycles. The molecular weight excluding hydrogens is 312 g/mol. The molecule has 2 heterocycles. The van der Waals surface area contributed by atoms with Crippen LogP contribution in [0.2, 0.25) is 0 Å². The lowest BCUT2D eigenvalue weighted by Gasteiger charge is -2.35. The molecule has 2 aromatic carbocycles. The highest BCUT2D eigenvalue weighted by Crippen LogP contribution is 2.33. The van der Waals surface area contributed by atoms with Gasteiger partial charge >= 0.3 is 6.09 Å². The third-order valence-electron chi connectivity index (χ3n) is 4.90. The zero-order chi connectivity index (χ0) is 17.1. The normalized spacial score (nSPS) is 17.6. The average molecular weight is 334 g/mol. The SMILES string of the molecule is O=C(OCc1ccccc1)N1CCCC[C@H]1c1ccc2[nH]ccc2c1. The smallest absolute Gasteiger partial charge is 0.410 e. The fourth-order valence-electron chi connectivity index (χ4n) is 3.58. The summed E-state index contributed by atoms with van der Waals surface area (Å²) in [5.41, 5.74) is 3.32. The quantitative estimate of drug-likeness (QED) is 0.730. The second-order valence-electron chi connectivity index (χ2n) is 6.57. The molecule has 3 aromatic rings. The monoisotopic (exact) mass is 334 g/mol. The first-order valence-corrected chi connectivity index (χ1v) is 8.85. The molecule has 1 aromatic heterocycles. The molecule has 1 atom stereocenters. The number of fused-ring (bicyclic) bond motifs is 1. The molecule has 0 bridgehead atoms. The van der Waals surface area contributed by atoms with Gasteiger partial charge in [-0.15, -0.1) is 0 Å². The van der Waals surface area contributed by atoms with Gasteiger partial charge in [-0.1, -0.05) is 36.4 Å². The van der Waals surface area contributed by atoms with Crippen LogP contribution in [0.1, 0.15) is 36.4 Å². The van der Waals surface area contributed by atoms with Crippen LogP contribution >= 0.6 is 0 Å². The first-order valence-electron chi connectivity index (χ1n) is 8.85. The molecule has 0 saturated carbocycles. The molecule has 1 saturated heterocycles. The van der Waals surface area contributed by atoms with Gasteiger partial charge in [0.1, 0.15) is 6.61 Å². The van der Waals surface area contributed by atoms with Crippen LogP contribution in [0.25, 0.3) is 10.9 Å². The summed E-state index contributed by atoms with van der Waals surface area (Å²) in [5.74, 6) is 0. The summed E-state index contributed by atoms with van der Waals surface area (Å²) in [6.45, 7) is 1.07. The van der Waals surface area contributed by atoms with Gasteiger partial charge in [-0.05, 0) is 54.0 Å². The number of H-pyrrole nitrogens is 1. The number of hydrogen-bond acceptors (Lipinski definition) is 2.